The van der Waals surface area contributed by atoms with Crippen LogP contribution in [0.4, 0.5) is 0 Å². The van der Waals surface area contributed by atoms with Crippen LogP contribution in [0.3, 0.4) is 0 Å². The van der Waals surface area contributed by atoms with E-state index in [0.717, 1.165) is 5.56 Å². The van der Waals surface area contributed by atoms with Crippen molar-refractivity contribution in [1.29, 1.82) is 0 Å². The Morgan fingerprint density at radius 2 is 2.27 bits per heavy atom. The minimum Gasteiger partial charge on any atom is -0.303 e. The lowest BCUT2D eigenvalue weighted by molar-refractivity contribution is -0.116. The van der Waals surface area contributed by atoms with Gasteiger partial charge in [0.15, 0.2) is 5.17 Å². The van der Waals surface area contributed by atoms with Crippen molar-refractivity contribution >= 4 is 29.1 Å². The van der Waals surface area contributed by atoms with Crippen LogP contribution in [0.1, 0.15) is 5.56 Å². The molecule has 0 unspecified atom stereocenters. The van der Waals surface area contributed by atoms with Gasteiger partial charge in [0, 0.05) is 12.4 Å². The number of pyridine rings is 1. The van der Waals surface area contributed by atoms with E-state index >= 15 is 0 Å². The van der Waals surface area contributed by atoms with Gasteiger partial charge in [0.2, 0.25) is 5.91 Å². The predicted molar refractivity (Wildman–Crippen MR) is 59.9 cm³/mol. The molecule has 1 amide bonds. The molecule has 15 heavy (non-hydrogen) atoms. The third kappa shape index (κ3) is 2.88. The molecule has 1 aromatic heterocycles. The van der Waals surface area contributed by atoms with E-state index < -0.39 is 0 Å². The van der Waals surface area contributed by atoms with Gasteiger partial charge >= 0.3 is 0 Å². The normalized spacial score (nSPS) is 18.7. The highest BCUT2D eigenvalue weighted by molar-refractivity contribution is 8.15. The molecule has 0 bridgehead atoms. The van der Waals surface area contributed by atoms with Crippen molar-refractivity contribution in [3.63, 3.8) is 0 Å². The highest BCUT2D eigenvalue weighted by atomic mass is 32.2. The van der Waals surface area contributed by atoms with Crippen LogP contribution >= 0.6 is 11.8 Å². The van der Waals surface area contributed by atoms with E-state index in [-0.39, 0.29) is 5.91 Å². The molecule has 0 saturated carbocycles. The lowest BCUT2D eigenvalue weighted by Gasteiger charge is -1.90. The molecule has 6 heteroatoms. The molecule has 0 radical (unpaired) electrons. The molecular formula is C9H8N4OS. The maximum Gasteiger partial charge on any atom is 0.236 e. The molecule has 1 N–H and O–H groups in total. The van der Waals surface area contributed by atoms with Crippen molar-refractivity contribution in [3.05, 3.63) is 30.1 Å². The molecule has 1 saturated heterocycles. The topological polar surface area (TPSA) is 66.7 Å². The minimum atomic E-state index is -0.0298. The maximum absolute atomic E-state index is 10.8. The number of carbonyl (C=O) groups excluding carboxylic acids is 1. The number of rotatable bonds is 2. The largest absolute Gasteiger partial charge is 0.303 e. The third-order valence-corrected chi connectivity index (χ3v) is 2.51. The quantitative estimate of drug-likeness (QED) is 0.587. The van der Waals surface area contributed by atoms with Crippen LogP contribution in [0.5, 0.6) is 0 Å². The Hall–Kier alpha value is -1.69. The number of amidine groups is 1. The van der Waals surface area contributed by atoms with Crippen molar-refractivity contribution in [3.8, 4) is 0 Å². The lowest BCUT2D eigenvalue weighted by Crippen LogP contribution is -2.19. The fraction of sp³-hybridized carbons (Fsp3) is 0.111. The molecule has 0 aromatic carbocycles. The molecule has 0 atom stereocenters. The second-order valence-electron chi connectivity index (χ2n) is 2.77. The first kappa shape index (κ1) is 9.85. The first-order valence-electron chi connectivity index (χ1n) is 4.28. The van der Waals surface area contributed by atoms with Crippen LogP contribution in [-0.4, -0.2) is 28.0 Å². The van der Waals surface area contributed by atoms with Crippen LogP contribution in [0.25, 0.3) is 0 Å². The third-order valence-electron chi connectivity index (χ3n) is 1.65. The fourth-order valence-corrected chi connectivity index (χ4v) is 1.61. The van der Waals surface area contributed by atoms with Crippen LogP contribution < -0.4 is 5.32 Å². The van der Waals surface area contributed by atoms with Crippen molar-refractivity contribution in [2.75, 3.05) is 5.75 Å². The number of aromatic nitrogens is 1. The Bertz CT molecular complexity index is 415. The second kappa shape index (κ2) is 4.70. The maximum atomic E-state index is 10.8. The van der Waals surface area contributed by atoms with Gasteiger partial charge in [-0.2, -0.15) is 5.10 Å². The van der Waals surface area contributed by atoms with Gasteiger partial charge < -0.3 is 5.32 Å². The van der Waals surface area contributed by atoms with Crippen LogP contribution in [-0.2, 0) is 4.79 Å². The van der Waals surface area contributed by atoms with Gasteiger partial charge in [0.1, 0.15) is 0 Å². The molecular weight excluding hydrogens is 212 g/mol. The summed E-state index contributed by atoms with van der Waals surface area (Å²) in [5.41, 5.74) is 0.920. The SMILES string of the molecule is O=C1CS/C(=N\N=C/c2ccncc2)N1. The highest BCUT2D eigenvalue weighted by Gasteiger charge is 2.15. The zero-order chi connectivity index (χ0) is 10.5. The summed E-state index contributed by atoms with van der Waals surface area (Å²) in [5.74, 6) is 0.390. The van der Waals surface area contributed by atoms with Crippen molar-refractivity contribution < 1.29 is 4.79 Å². The average Bonchev–Trinajstić information content (AvgIpc) is 2.66. The molecule has 5 nitrogen and oxygen atoms in total. The summed E-state index contributed by atoms with van der Waals surface area (Å²) >= 11 is 1.35. The zero-order valence-corrected chi connectivity index (χ0v) is 8.57. The van der Waals surface area contributed by atoms with E-state index in [0.29, 0.717) is 10.9 Å². The number of nitrogens with zero attached hydrogens (tertiary/aromatic N) is 3. The Labute approximate surface area is 90.7 Å². The van der Waals surface area contributed by atoms with E-state index in [1.54, 1.807) is 18.6 Å². The number of nitrogens with one attached hydrogen (secondary N) is 1. The van der Waals surface area contributed by atoms with Gasteiger partial charge in [-0.25, -0.2) is 0 Å². The summed E-state index contributed by atoms with van der Waals surface area (Å²) in [4.78, 5) is 14.7. The Morgan fingerprint density at radius 1 is 1.47 bits per heavy atom. The molecule has 0 aliphatic carbocycles. The summed E-state index contributed by atoms with van der Waals surface area (Å²) in [6.45, 7) is 0. The van der Waals surface area contributed by atoms with E-state index in [9.17, 15) is 4.79 Å². The monoisotopic (exact) mass is 220 g/mol. The highest BCUT2D eigenvalue weighted by Crippen LogP contribution is 2.08. The number of hydrogen-bond donors (Lipinski definition) is 1. The Balaban J connectivity index is 1.98. The molecule has 1 aliphatic heterocycles. The van der Waals surface area contributed by atoms with Gasteiger partial charge in [-0.1, -0.05) is 11.8 Å². The summed E-state index contributed by atoms with van der Waals surface area (Å²) in [7, 11) is 0. The summed E-state index contributed by atoms with van der Waals surface area (Å²) < 4.78 is 0. The molecule has 1 fully saturated rings. The minimum absolute atomic E-state index is 0.0298. The summed E-state index contributed by atoms with van der Waals surface area (Å²) in [6.07, 6.45) is 4.97. The van der Waals surface area contributed by atoms with Gasteiger partial charge in [-0.15, -0.1) is 5.10 Å². The van der Waals surface area contributed by atoms with E-state index in [2.05, 4.69) is 20.5 Å². The first-order valence-corrected chi connectivity index (χ1v) is 5.27. The Kier molecular flexibility index (Phi) is 3.08. The number of amides is 1. The van der Waals surface area contributed by atoms with E-state index in [1.165, 1.54) is 11.8 Å². The van der Waals surface area contributed by atoms with Crippen molar-refractivity contribution in [2.45, 2.75) is 0 Å². The predicted octanol–water partition coefficient (Wildman–Crippen LogP) is 0.635. The molecule has 1 aromatic rings. The molecule has 2 rings (SSSR count). The molecule has 76 valence electrons. The summed E-state index contributed by atoms with van der Waals surface area (Å²) in [5, 5.41) is 10.9. The first-order chi connectivity index (χ1) is 7.34. The van der Waals surface area contributed by atoms with E-state index in [1.807, 2.05) is 12.1 Å². The zero-order valence-electron chi connectivity index (χ0n) is 7.75. The Morgan fingerprint density at radius 3 is 2.93 bits per heavy atom. The average molecular weight is 220 g/mol. The van der Waals surface area contributed by atoms with Gasteiger partial charge in [0.25, 0.3) is 0 Å². The number of carbonyl (C=O) groups is 1. The van der Waals surface area contributed by atoms with Gasteiger partial charge in [0.05, 0.1) is 12.0 Å². The van der Waals surface area contributed by atoms with Crippen molar-refractivity contribution in [2.24, 2.45) is 10.2 Å². The fourth-order valence-electron chi connectivity index (χ4n) is 0.977. The lowest BCUT2D eigenvalue weighted by atomic mass is 10.3. The smallest absolute Gasteiger partial charge is 0.236 e. The van der Waals surface area contributed by atoms with Crippen LogP contribution in [0.15, 0.2) is 34.7 Å². The number of thioether (sulfide) groups is 1. The molecule has 0 spiro atoms. The van der Waals surface area contributed by atoms with E-state index in [4.69, 9.17) is 0 Å². The van der Waals surface area contributed by atoms with Crippen LogP contribution in [0.2, 0.25) is 0 Å². The number of hydrogen-bond acceptors (Lipinski definition) is 5. The molecule has 2 heterocycles. The second-order valence-corrected chi connectivity index (χ2v) is 3.73. The standard InChI is InChI=1S/C9H8N4OS/c14-8-6-15-9(12-8)13-11-5-7-1-3-10-4-2-7/h1-5H,6H2,(H,12,13,14)/b11-5-. The van der Waals surface area contributed by atoms with Gasteiger partial charge in [-0.3, -0.25) is 9.78 Å². The van der Waals surface area contributed by atoms with Crippen molar-refractivity contribution in [1.82, 2.24) is 10.3 Å². The van der Waals surface area contributed by atoms with Gasteiger partial charge in [-0.05, 0) is 17.7 Å². The molecule has 1 aliphatic rings. The van der Waals surface area contributed by atoms with Crippen LogP contribution in [0, 0.1) is 0 Å². The summed E-state index contributed by atoms with van der Waals surface area (Å²) in [6, 6.07) is 3.65.